The van der Waals surface area contributed by atoms with Gasteiger partial charge in [-0.2, -0.15) is 0 Å². The standard InChI is InChI=1S/C22H25N3O3/c1-14-19(23-13-28-14)22(27)24-10-17-11-25(21(26)16-8-5-9-16)20(18(17)12-24)15-6-3-2-4-7-15/h2-4,6-7,13,16-18,20H,5,8-12H2,1H3/t17-,18-,20+/m0/s1. The number of benzene rings is 1. The lowest BCUT2D eigenvalue weighted by Gasteiger charge is -2.35. The summed E-state index contributed by atoms with van der Waals surface area (Å²) < 4.78 is 5.21. The second-order valence-corrected chi connectivity index (χ2v) is 8.37. The van der Waals surface area contributed by atoms with Gasteiger partial charge in [0.2, 0.25) is 5.91 Å². The van der Waals surface area contributed by atoms with E-state index < -0.39 is 0 Å². The van der Waals surface area contributed by atoms with E-state index in [9.17, 15) is 9.59 Å². The number of oxazole rings is 1. The smallest absolute Gasteiger partial charge is 0.276 e. The molecule has 3 aliphatic rings. The maximum Gasteiger partial charge on any atom is 0.276 e. The van der Waals surface area contributed by atoms with Gasteiger partial charge in [-0.15, -0.1) is 0 Å². The Morgan fingerprint density at radius 1 is 1.11 bits per heavy atom. The van der Waals surface area contributed by atoms with Crippen LogP contribution in [0.4, 0.5) is 0 Å². The number of carbonyl (C=O) groups excluding carboxylic acids is 2. The van der Waals surface area contributed by atoms with Crippen LogP contribution in [0.2, 0.25) is 0 Å². The minimum absolute atomic E-state index is 0.0514. The molecule has 0 radical (unpaired) electrons. The highest BCUT2D eigenvalue weighted by molar-refractivity contribution is 5.93. The van der Waals surface area contributed by atoms with Gasteiger partial charge >= 0.3 is 0 Å². The molecule has 2 aliphatic heterocycles. The molecule has 2 amide bonds. The Labute approximate surface area is 164 Å². The van der Waals surface area contributed by atoms with E-state index in [0.29, 0.717) is 36.4 Å². The van der Waals surface area contributed by atoms with Crippen molar-refractivity contribution in [3.05, 3.63) is 53.7 Å². The first-order valence-corrected chi connectivity index (χ1v) is 10.2. The van der Waals surface area contributed by atoms with E-state index in [1.54, 1.807) is 6.92 Å². The van der Waals surface area contributed by atoms with E-state index >= 15 is 0 Å². The van der Waals surface area contributed by atoms with Gasteiger partial charge in [0, 0.05) is 37.4 Å². The number of hydrogen-bond acceptors (Lipinski definition) is 4. The molecular weight excluding hydrogens is 354 g/mol. The third-order valence-electron chi connectivity index (χ3n) is 6.78. The van der Waals surface area contributed by atoms with Crippen molar-refractivity contribution >= 4 is 11.8 Å². The number of fused-ring (bicyclic) bond motifs is 1. The van der Waals surface area contributed by atoms with Crippen LogP contribution in [0.15, 0.2) is 41.1 Å². The molecule has 6 nitrogen and oxygen atoms in total. The third kappa shape index (κ3) is 2.74. The van der Waals surface area contributed by atoms with Crippen LogP contribution in [0.25, 0.3) is 0 Å². The second-order valence-electron chi connectivity index (χ2n) is 8.37. The first-order valence-electron chi connectivity index (χ1n) is 10.2. The Morgan fingerprint density at radius 2 is 1.89 bits per heavy atom. The Hall–Kier alpha value is -2.63. The molecule has 0 spiro atoms. The molecule has 1 aromatic heterocycles. The largest absolute Gasteiger partial charge is 0.448 e. The molecule has 5 rings (SSSR count). The Bertz CT molecular complexity index is 889. The second kappa shape index (κ2) is 6.76. The predicted molar refractivity (Wildman–Crippen MR) is 102 cm³/mol. The summed E-state index contributed by atoms with van der Waals surface area (Å²) in [5, 5.41) is 0. The van der Waals surface area contributed by atoms with Gasteiger partial charge in [-0.1, -0.05) is 36.8 Å². The minimum atomic E-state index is -0.0654. The maximum absolute atomic E-state index is 13.1. The van der Waals surface area contributed by atoms with Crippen LogP contribution in [0, 0.1) is 24.7 Å². The summed E-state index contributed by atoms with van der Waals surface area (Å²) in [6.07, 6.45) is 4.52. The molecule has 0 bridgehead atoms. The number of nitrogens with zero attached hydrogens (tertiary/aromatic N) is 3. The molecule has 2 saturated heterocycles. The molecular formula is C22H25N3O3. The molecule has 28 heavy (non-hydrogen) atoms. The van der Waals surface area contributed by atoms with E-state index in [-0.39, 0.29) is 23.8 Å². The summed E-state index contributed by atoms with van der Waals surface area (Å²) in [5.74, 6) is 1.57. The van der Waals surface area contributed by atoms with Crippen molar-refractivity contribution in [2.75, 3.05) is 19.6 Å². The summed E-state index contributed by atoms with van der Waals surface area (Å²) in [4.78, 5) is 34.1. The normalized spacial score (nSPS) is 27.0. The molecule has 146 valence electrons. The van der Waals surface area contributed by atoms with Gasteiger partial charge < -0.3 is 14.2 Å². The number of carbonyl (C=O) groups is 2. The van der Waals surface area contributed by atoms with Gasteiger partial charge in [-0.25, -0.2) is 4.98 Å². The average Bonchev–Trinajstić information content (AvgIpc) is 3.34. The Kier molecular flexibility index (Phi) is 4.22. The molecule has 0 unspecified atom stereocenters. The topological polar surface area (TPSA) is 66.7 Å². The highest BCUT2D eigenvalue weighted by Gasteiger charge is 2.51. The van der Waals surface area contributed by atoms with E-state index in [2.05, 4.69) is 22.0 Å². The van der Waals surface area contributed by atoms with Gasteiger partial charge in [0.25, 0.3) is 5.91 Å². The quantitative estimate of drug-likeness (QED) is 0.822. The van der Waals surface area contributed by atoms with E-state index in [0.717, 1.165) is 25.8 Å². The predicted octanol–water partition coefficient (Wildman–Crippen LogP) is 3.05. The first-order chi connectivity index (χ1) is 13.6. The van der Waals surface area contributed by atoms with Crippen LogP contribution < -0.4 is 0 Å². The van der Waals surface area contributed by atoms with Crippen molar-refractivity contribution in [3.63, 3.8) is 0 Å². The molecule has 1 aromatic carbocycles. The van der Waals surface area contributed by atoms with Crippen LogP contribution in [-0.4, -0.2) is 46.2 Å². The summed E-state index contributed by atoms with van der Waals surface area (Å²) in [7, 11) is 0. The summed E-state index contributed by atoms with van der Waals surface area (Å²) in [6.45, 7) is 3.83. The molecule has 3 heterocycles. The van der Waals surface area contributed by atoms with Crippen molar-refractivity contribution in [2.45, 2.75) is 32.2 Å². The maximum atomic E-state index is 13.1. The van der Waals surface area contributed by atoms with Crippen molar-refractivity contribution in [2.24, 2.45) is 17.8 Å². The Balaban J connectivity index is 1.41. The SMILES string of the molecule is Cc1ocnc1C(=O)N1C[C@H]2CN(C(=O)C3CCC3)[C@H](c3ccccc3)[C@H]2C1. The van der Waals surface area contributed by atoms with E-state index in [1.807, 2.05) is 23.1 Å². The number of hydrogen-bond donors (Lipinski definition) is 0. The highest BCUT2D eigenvalue weighted by atomic mass is 16.3. The van der Waals surface area contributed by atoms with Gasteiger partial charge in [0.05, 0.1) is 6.04 Å². The van der Waals surface area contributed by atoms with Crippen molar-refractivity contribution in [1.29, 1.82) is 0 Å². The molecule has 1 aliphatic carbocycles. The van der Waals surface area contributed by atoms with Crippen LogP contribution in [0.3, 0.4) is 0 Å². The van der Waals surface area contributed by atoms with Gasteiger partial charge in [0.1, 0.15) is 5.76 Å². The van der Waals surface area contributed by atoms with E-state index in [1.165, 1.54) is 12.0 Å². The molecule has 1 saturated carbocycles. The fraction of sp³-hybridized carbons (Fsp3) is 0.500. The van der Waals surface area contributed by atoms with E-state index in [4.69, 9.17) is 4.42 Å². The van der Waals surface area contributed by atoms with Crippen molar-refractivity contribution in [3.8, 4) is 0 Å². The van der Waals surface area contributed by atoms with Crippen molar-refractivity contribution in [1.82, 2.24) is 14.8 Å². The molecule has 3 fully saturated rings. The zero-order valence-electron chi connectivity index (χ0n) is 16.1. The molecule has 6 heteroatoms. The average molecular weight is 379 g/mol. The van der Waals surface area contributed by atoms with Crippen LogP contribution in [-0.2, 0) is 4.79 Å². The summed E-state index contributed by atoms with van der Waals surface area (Å²) in [6, 6.07) is 10.3. The van der Waals surface area contributed by atoms with Crippen molar-refractivity contribution < 1.29 is 14.0 Å². The lowest BCUT2D eigenvalue weighted by Crippen LogP contribution is -2.41. The highest BCUT2D eigenvalue weighted by Crippen LogP contribution is 2.47. The monoisotopic (exact) mass is 379 g/mol. The minimum Gasteiger partial charge on any atom is -0.448 e. The summed E-state index contributed by atoms with van der Waals surface area (Å²) in [5.41, 5.74) is 1.58. The number of rotatable bonds is 3. The van der Waals surface area contributed by atoms with Crippen LogP contribution in [0.5, 0.6) is 0 Å². The van der Waals surface area contributed by atoms with Gasteiger partial charge in [-0.3, -0.25) is 9.59 Å². The number of aryl methyl sites for hydroxylation is 1. The lowest BCUT2D eigenvalue weighted by atomic mass is 9.83. The van der Waals surface area contributed by atoms with Crippen LogP contribution >= 0.6 is 0 Å². The van der Waals surface area contributed by atoms with Gasteiger partial charge in [0.15, 0.2) is 12.1 Å². The summed E-state index contributed by atoms with van der Waals surface area (Å²) >= 11 is 0. The van der Waals surface area contributed by atoms with Gasteiger partial charge in [-0.05, 0) is 25.3 Å². The number of aromatic nitrogens is 1. The fourth-order valence-electron chi connectivity index (χ4n) is 5.07. The molecule has 2 aromatic rings. The zero-order chi connectivity index (χ0) is 19.3. The zero-order valence-corrected chi connectivity index (χ0v) is 16.1. The first kappa shape index (κ1) is 17.5. The third-order valence-corrected chi connectivity index (χ3v) is 6.78. The number of amides is 2. The Morgan fingerprint density at radius 3 is 2.54 bits per heavy atom. The number of likely N-dealkylation sites (tertiary alicyclic amines) is 2. The fourth-order valence-corrected chi connectivity index (χ4v) is 5.07. The molecule has 3 atom stereocenters. The lowest BCUT2D eigenvalue weighted by molar-refractivity contribution is -0.139. The molecule has 0 N–H and O–H groups in total. The van der Waals surface area contributed by atoms with Crippen LogP contribution in [0.1, 0.15) is 47.1 Å².